The van der Waals surface area contributed by atoms with Crippen LogP contribution >= 0.6 is 0 Å². The third kappa shape index (κ3) is 6.87. The second-order valence-electron chi connectivity index (χ2n) is 21.1. The molecule has 0 radical (unpaired) electrons. The number of pyridine rings is 1. The first-order valence-electron chi connectivity index (χ1n) is 27.9. The third-order valence-corrected chi connectivity index (χ3v) is 16.6. The number of hydrogen-bond acceptors (Lipinski definition) is 3. The molecular weight excluding hydrogens is 999 g/mol. The molecule has 0 N–H and O–H groups in total. The Morgan fingerprint density at radius 3 is 0.793 bits per heavy atom. The molecule has 0 unspecified atom stereocenters. The molecule has 0 amide bonds. The van der Waals surface area contributed by atoms with E-state index >= 15 is 0 Å². The number of benzene rings is 11. The molecule has 0 fully saturated rings. The predicted octanol–water partition coefficient (Wildman–Crippen LogP) is 18.9. The van der Waals surface area contributed by atoms with Gasteiger partial charge in [-0.25, -0.2) is 15.0 Å². The molecule has 17 rings (SSSR count). The van der Waals surface area contributed by atoms with Crippen LogP contribution in [0.2, 0.25) is 0 Å². The van der Waals surface area contributed by atoms with Crippen molar-refractivity contribution in [3.63, 3.8) is 0 Å². The van der Waals surface area contributed by atoms with Gasteiger partial charge in [-0.05, 0) is 60.2 Å². The van der Waals surface area contributed by atoms with Gasteiger partial charge in [0.05, 0.1) is 55.5 Å². The Kier molecular flexibility index (Phi) is 10.2. The molecule has 6 aromatic heterocycles. The Bertz CT molecular complexity index is 4870. The third-order valence-electron chi connectivity index (χ3n) is 16.6. The van der Waals surface area contributed by atoms with E-state index in [4.69, 9.17) is 15.0 Å². The number of para-hydroxylation sites is 8. The maximum atomic E-state index is 6.39. The monoisotopic (exact) mass is 1050 g/mol. The zero-order chi connectivity index (χ0) is 53.8. The van der Waals surface area contributed by atoms with Gasteiger partial charge in [0.15, 0.2) is 17.5 Å². The van der Waals surface area contributed by atoms with Gasteiger partial charge in [-0.1, -0.05) is 231 Å². The molecular formula is C75H47N7. The van der Waals surface area contributed by atoms with Crippen LogP contribution < -0.4 is 0 Å². The standard InChI is InChI=1S/C75H47N7/c1-3-23-48(24-4-1)60-47-61(77-73(76-60)51-25-5-2-6-26-51)49-43-45-50(46-44-49)70-71(79-62-35-15-7-27-52(62)53-28-8-16-36-63(53)79)74(81-66-39-19-11-31-56(66)57-32-12-20-40-67(57)81)78-75(82-68-41-21-13-33-58(68)59-34-14-22-42-69(59)82)72(70)80-64-37-17-9-29-54(64)55-30-10-18-38-65(55)80/h1-47H. The van der Waals surface area contributed by atoms with E-state index in [-0.39, 0.29) is 0 Å². The van der Waals surface area contributed by atoms with Crippen LogP contribution in [0.1, 0.15) is 0 Å². The van der Waals surface area contributed by atoms with Gasteiger partial charge in [0, 0.05) is 65.3 Å². The lowest BCUT2D eigenvalue weighted by atomic mass is 9.98. The fourth-order valence-corrected chi connectivity index (χ4v) is 13.1. The van der Waals surface area contributed by atoms with E-state index in [1.54, 1.807) is 0 Å². The number of hydrogen-bond donors (Lipinski definition) is 0. The number of nitrogens with zero attached hydrogens (tertiary/aromatic N) is 7. The summed E-state index contributed by atoms with van der Waals surface area (Å²) in [5, 5.41) is 9.23. The molecule has 0 atom stereocenters. The molecule has 11 aromatic carbocycles. The van der Waals surface area contributed by atoms with E-state index in [0.717, 1.165) is 149 Å². The Hall–Kier alpha value is -11.2. The minimum Gasteiger partial charge on any atom is -0.305 e. The van der Waals surface area contributed by atoms with Gasteiger partial charge in [-0.15, -0.1) is 0 Å². The summed E-state index contributed by atoms with van der Waals surface area (Å²) in [6.45, 7) is 0. The summed E-state index contributed by atoms with van der Waals surface area (Å²) in [6.07, 6.45) is 0. The molecule has 0 spiro atoms. The predicted molar refractivity (Wildman–Crippen MR) is 339 cm³/mol. The smallest absolute Gasteiger partial charge is 0.165 e. The lowest BCUT2D eigenvalue weighted by Gasteiger charge is -2.27. The SMILES string of the molecule is c1ccc(-c2cc(-c3ccc(-c4c(-n5c6ccccc6c6ccccc65)c(-n5c6ccccc6c6ccccc65)nc(-n5c6ccccc6c6ccccc65)c4-n4c5ccccc5c5ccccc54)cc3)nc(-c3ccccc3)n2)cc1. The lowest BCUT2D eigenvalue weighted by Crippen LogP contribution is -2.16. The van der Waals surface area contributed by atoms with Crippen molar-refractivity contribution in [3.05, 3.63) is 285 Å². The van der Waals surface area contributed by atoms with Crippen molar-refractivity contribution in [2.45, 2.75) is 0 Å². The largest absolute Gasteiger partial charge is 0.305 e. The summed E-state index contributed by atoms with van der Waals surface area (Å²) < 4.78 is 9.84. The molecule has 7 nitrogen and oxygen atoms in total. The second-order valence-corrected chi connectivity index (χ2v) is 21.1. The normalized spacial score (nSPS) is 11.9. The quantitative estimate of drug-likeness (QED) is 0.152. The molecule has 0 bridgehead atoms. The fraction of sp³-hybridized carbons (Fsp3) is 0. The highest BCUT2D eigenvalue weighted by atomic mass is 15.2. The van der Waals surface area contributed by atoms with E-state index in [1.807, 2.05) is 24.3 Å². The summed E-state index contributed by atoms with van der Waals surface area (Å²) in [5.41, 5.74) is 17.1. The van der Waals surface area contributed by atoms with Crippen LogP contribution in [-0.2, 0) is 0 Å². The fourth-order valence-electron chi connectivity index (χ4n) is 13.1. The molecule has 0 aliphatic rings. The van der Waals surface area contributed by atoms with E-state index in [0.29, 0.717) is 5.82 Å². The van der Waals surface area contributed by atoms with Gasteiger partial charge in [0.2, 0.25) is 0 Å². The molecule has 0 saturated carbocycles. The number of fused-ring (bicyclic) bond motifs is 12. The highest BCUT2D eigenvalue weighted by molar-refractivity contribution is 6.16. The maximum absolute atomic E-state index is 6.39. The molecule has 0 aliphatic heterocycles. The van der Waals surface area contributed by atoms with Crippen molar-refractivity contribution in [1.82, 2.24) is 33.2 Å². The van der Waals surface area contributed by atoms with E-state index < -0.39 is 0 Å². The summed E-state index contributed by atoms with van der Waals surface area (Å²) in [4.78, 5) is 16.9. The summed E-state index contributed by atoms with van der Waals surface area (Å²) in [5.74, 6) is 2.25. The zero-order valence-electron chi connectivity index (χ0n) is 44.3. The summed E-state index contributed by atoms with van der Waals surface area (Å²) >= 11 is 0. The maximum Gasteiger partial charge on any atom is 0.165 e. The first-order chi connectivity index (χ1) is 40.7. The Labute approximate surface area is 471 Å². The van der Waals surface area contributed by atoms with Crippen LogP contribution in [0.5, 0.6) is 0 Å². The first-order valence-corrected chi connectivity index (χ1v) is 27.9. The second kappa shape index (κ2) is 18.2. The van der Waals surface area contributed by atoms with E-state index in [9.17, 15) is 0 Å². The highest BCUT2D eigenvalue weighted by Gasteiger charge is 2.32. The lowest BCUT2D eigenvalue weighted by molar-refractivity contribution is 0.961. The van der Waals surface area contributed by atoms with Crippen LogP contribution in [0, 0.1) is 0 Å². The van der Waals surface area contributed by atoms with Crippen molar-refractivity contribution in [2.75, 3.05) is 0 Å². The van der Waals surface area contributed by atoms with Crippen molar-refractivity contribution in [1.29, 1.82) is 0 Å². The van der Waals surface area contributed by atoms with Crippen LogP contribution in [0.3, 0.4) is 0 Å². The van der Waals surface area contributed by atoms with E-state index in [1.165, 1.54) is 0 Å². The van der Waals surface area contributed by atoms with Crippen molar-refractivity contribution in [2.24, 2.45) is 0 Å². The van der Waals surface area contributed by atoms with Gasteiger partial charge in [0.1, 0.15) is 11.4 Å². The number of rotatable bonds is 8. The first kappa shape index (κ1) is 45.8. The Balaban J connectivity index is 1.09. The summed E-state index contributed by atoms with van der Waals surface area (Å²) in [7, 11) is 0. The average Bonchev–Trinajstić information content (AvgIpc) is 2.31. The highest BCUT2D eigenvalue weighted by Crippen LogP contribution is 2.49. The molecule has 0 saturated heterocycles. The molecule has 17 aromatic rings. The van der Waals surface area contributed by atoms with Crippen LogP contribution in [0.4, 0.5) is 0 Å². The van der Waals surface area contributed by atoms with Crippen LogP contribution in [0.25, 0.3) is 155 Å². The Morgan fingerprint density at radius 2 is 0.463 bits per heavy atom. The molecule has 6 heterocycles. The van der Waals surface area contributed by atoms with Gasteiger partial charge >= 0.3 is 0 Å². The minimum atomic E-state index is 0.670. The van der Waals surface area contributed by atoms with Crippen molar-refractivity contribution < 1.29 is 0 Å². The van der Waals surface area contributed by atoms with Crippen molar-refractivity contribution in [3.8, 4) is 68.0 Å². The molecule has 82 heavy (non-hydrogen) atoms. The van der Waals surface area contributed by atoms with Gasteiger partial charge in [-0.3, -0.25) is 9.13 Å². The van der Waals surface area contributed by atoms with Gasteiger partial charge in [-0.2, -0.15) is 0 Å². The molecule has 382 valence electrons. The topological polar surface area (TPSA) is 58.4 Å². The summed E-state index contributed by atoms with van der Waals surface area (Å²) in [6, 6.07) is 102. The molecule has 7 heteroatoms. The van der Waals surface area contributed by atoms with Gasteiger partial charge < -0.3 is 9.13 Å². The van der Waals surface area contributed by atoms with Crippen molar-refractivity contribution >= 4 is 87.2 Å². The average molecular weight is 1050 g/mol. The molecule has 0 aliphatic carbocycles. The van der Waals surface area contributed by atoms with Gasteiger partial charge in [0.25, 0.3) is 0 Å². The zero-order valence-corrected chi connectivity index (χ0v) is 44.3. The minimum absolute atomic E-state index is 0.670. The number of aromatic nitrogens is 7. The van der Waals surface area contributed by atoms with E-state index in [2.05, 4.69) is 279 Å². The van der Waals surface area contributed by atoms with Crippen LogP contribution in [0.15, 0.2) is 285 Å². The Morgan fingerprint density at radius 1 is 0.207 bits per heavy atom. The van der Waals surface area contributed by atoms with Crippen LogP contribution in [-0.4, -0.2) is 33.2 Å².